The van der Waals surface area contributed by atoms with Gasteiger partial charge in [-0.05, 0) is 23.6 Å². The second-order valence-electron chi connectivity index (χ2n) is 3.27. The lowest BCUT2D eigenvalue weighted by Gasteiger charge is -2.01. The lowest BCUT2D eigenvalue weighted by molar-refractivity contribution is 1.33. The fourth-order valence-electron chi connectivity index (χ4n) is 1.67. The Balaban J connectivity index is 2.31. The van der Waals surface area contributed by atoms with Gasteiger partial charge < -0.3 is 0 Å². The summed E-state index contributed by atoms with van der Waals surface area (Å²) in [4.78, 5) is 4.36. The van der Waals surface area contributed by atoms with E-state index in [1.165, 1.54) is 10.1 Å². The van der Waals surface area contributed by atoms with Crippen LogP contribution in [0.25, 0.3) is 21.3 Å². The van der Waals surface area contributed by atoms with Crippen LogP contribution < -0.4 is 0 Å². The molecule has 1 nitrogen and oxygen atoms in total. The molecule has 2 aromatic heterocycles. The maximum Gasteiger partial charge on any atom is 0.0708 e. The Morgan fingerprint density at radius 3 is 2.93 bits per heavy atom. The molecule has 0 spiro atoms. The molecule has 0 N–H and O–H groups in total. The molecule has 0 saturated heterocycles. The zero-order valence-corrected chi connectivity index (χ0v) is 8.79. The molecule has 1 radical (unpaired) electrons. The summed E-state index contributed by atoms with van der Waals surface area (Å²) in [5.41, 5.74) is 2.17. The third-order valence-electron chi connectivity index (χ3n) is 2.36. The van der Waals surface area contributed by atoms with Crippen molar-refractivity contribution in [2.75, 3.05) is 0 Å². The first-order chi connectivity index (χ1) is 7.45. The minimum absolute atomic E-state index is 1.01. The van der Waals surface area contributed by atoms with E-state index in [4.69, 9.17) is 0 Å². The summed E-state index contributed by atoms with van der Waals surface area (Å²) in [5, 5.41) is 3.16. The lowest BCUT2D eigenvalue weighted by Crippen LogP contribution is -1.81. The number of pyridine rings is 1. The van der Waals surface area contributed by atoms with Crippen molar-refractivity contribution in [2.24, 2.45) is 0 Å². The smallest absolute Gasteiger partial charge is 0.0708 e. The highest BCUT2D eigenvalue weighted by atomic mass is 32.1. The van der Waals surface area contributed by atoms with Crippen LogP contribution in [0.1, 0.15) is 0 Å². The van der Waals surface area contributed by atoms with Gasteiger partial charge in [0, 0.05) is 27.9 Å². The number of nitrogens with zero attached hydrogens (tertiary/aromatic N) is 1. The summed E-state index contributed by atoms with van der Waals surface area (Å²) in [7, 11) is 0. The maximum absolute atomic E-state index is 4.36. The molecule has 0 aliphatic carbocycles. The van der Waals surface area contributed by atoms with Gasteiger partial charge in [0.05, 0.1) is 5.69 Å². The van der Waals surface area contributed by atoms with E-state index < -0.39 is 0 Å². The molecule has 0 atom stereocenters. The first-order valence-electron chi connectivity index (χ1n) is 4.74. The molecule has 0 bridgehead atoms. The number of hydrogen-bond donors (Lipinski definition) is 0. The van der Waals surface area contributed by atoms with Crippen LogP contribution in [-0.2, 0) is 0 Å². The monoisotopic (exact) mass is 210 g/mol. The number of fused-ring (bicyclic) bond motifs is 1. The van der Waals surface area contributed by atoms with Gasteiger partial charge in [-0.2, -0.15) is 0 Å². The summed E-state index contributed by atoms with van der Waals surface area (Å²) in [5.74, 6) is 0. The highest BCUT2D eigenvalue weighted by Gasteiger charge is 2.04. The van der Waals surface area contributed by atoms with Crippen molar-refractivity contribution in [3.8, 4) is 11.3 Å². The van der Waals surface area contributed by atoms with Gasteiger partial charge in [0.2, 0.25) is 0 Å². The topological polar surface area (TPSA) is 12.9 Å². The Labute approximate surface area is 92.0 Å². The summed E-state index contributed by atoms with van der Waals surface area (Å²) in [6.45, 7) is 0. The standard InChI is InChI=1S/C13H8NS/c1-2-8-14-12(5-1)10-4-3-6-13-11(10)7-9-15-13/h1-6,8-9H. The van der Waals surface area contributed by atoms with Gasteiger partial charge in [-0.25, -0.2) is 0 Å². The van der Waals surface area contributed by atoms with Crippen molar-refractivity contribution >= 4 is 21.4 Å². The van der Waals surface area contributed by atoms with Crippen molar-refractivity contribution in [1.82, 2.24) is 4.98 Å². The summed E-state index contributed by atoms with van der Waals surface area (Å²) < 4.78 is 1.26. The third kappa shape index (κ3) is 1.43. The zero-order chi connectivity index (χ0) is 10.1. The van der Waals surface area contributed by atoms with E-state index >= 15 is 0 Å². The van der Waals surface area contributed by atoms with E-state index in [2.05, 4.69) is 29.2 Å². The average molecular weight is 210 g/mol. The molecule has 0 aliphatic rings. The van der Waals surface area contributed by atoms with Gasteiger partial charge in [0.25, 0.3) is 0 Å². The van der Waals surface area contributed by atoms with Crippen molar-refractivity contribution < 1.29 is 0 Å². The Kier molecular flexibility index (Phi) is 2.00. The van der Waals surface area contributed by atoms with E-state index in [1.54, 1.807) is 11.3 Å². The number of thiophene rings is 1. The molecule has 0 unspecified atom stereocenters. The molecule has 0 amide bonds. The summed E-state index contributed by atoms with van der Waals surface area (Å²) >= 11 is 1.71. The quantitative estimate of drug-likeness (QED) is 0.596. The second kappa shape index (κ2) is 3.48. The Morgan fingerprint density at radius 1 is 1.07 bits per heavy atom. The van der Waals surface area contributed by atoms with Crippen molar-refractivity contribution in [1.29, 1.82) is 0 Å². The minimum Gasteiger partial charge on any atom is -0.256 e. The molecule has 3 rings (SSSR count). The third-order valence-corrected chi connectivity index (χ3v) is 3.19. The van der Waals surface area contributed by atoms with E-state index in [0.717, 1.165) is 11.3 Å². The SMILES string of the molecule is [c]1csc2cccc(-c3ccccn3)c12. The Bertz CT molecular complexity index is 584. The van der Waals surface area contributed by atoms with E-state index in [-0.39, 0.29) is 0 Å². The first kappa shape index (κ1) is 8.62. The van der Waals surface area contributed by atoms with Gasteiger partial charge in [-0.15, -0.1) is 11.3 Å². The maximum atomic E-state index is 4.36. The van der Waals surface area contributed by atoms with Crippen LogP contribution >= 0.6 is 11.3 Å². The average Bonchev–Trinajstić information content (AvgIpc) is 2.78. The fraction of sp³-hybridized carbons (Fsp3) is 0. The van der Waals surface area contributed by atoms with Gasteiger partial charge in [-0.1, -0.05) is 18.2 Å². The Morgan fingerprint density at radius 2 is 2.07 bits per heavy atom. The van der Waals surface area contributed by atoms with Gasteiger partial charge in [0.1, 0.15) is 0 Å². The van der Waals surface area contributed by atoms with Crippen molar-refractivity contribution in [3.63, 3.8) is 0 Å². The van der Waals surface area contributed by atoms with Gasteiger partial charge in [0.15, 0.2) is 0 Å². The molecule has 2 heterocycles. The predicted octanol–water partition coefficient (Wildman–Crippen LogP) is 3.76. The first-order valence-corrected chi connectivity index (χ1v) is 5.62. The minimum atomic E-state index is 1.01. The van der Waals surface area contributed by atoms with Crippen LogP contribution in [0.2, 0.25) is 0 Å². The van der Waals surface area contributed by atoms with Crippen LogP contribution in [0, 0.1) is 6.07 Å². The van der Waals surface area contributed by atoms with Crippen molar-refractivity contribution in [2.45, 2.75) is 0 Å². The highest BCUT2D eigenvalue weighted by molar-refractivity contribution is 7.17. The highest BCUT2D eigenvalue weighted by Crippen LogP contribution is 2.29. The van der Waals surface area contributed by atoms with Gasteiger partial charge in [-0.3, -0.25) is 4.98 Å². The Hall–Kier alpha value is -1.67. The summed E-state index contributed by atoms with van der Waals surface area (Å²) in [6.07, 6.45) is 1.82. The zero-order valence-electron chi connectivity index (χ0n) is 7.97. The summed E-state index contributed by atoms with van der Waals surface area (Å²) in [6, 6.07) is 15.5. The molecule has 0 saturated carbocycles. The van der Waals surface area contributed by atoms with Gasteiger partial charge >= 0.3 is 0 Å². The van der Waals surface area contributed by atoms with Crippen LogP contribution in [0.4, 0.5) is 0 Å². The van der Waals surface area contributed by atoms with Crippen molar-refractivity contribution in [3.05, 3.63) is 54.0 Å². The fourth-order valence-corrected chi connectivity index (χ4v) is 2.41. The van der Waals surface area contributed by atoms with Crippen LogP contribution in [0.15, 0.2) is 48.0 Å². The number of benzene rings is 1. The van der Waals surface area contributed by atoms with Crippen LogP contribution in [0.3, 0.4) is 0 Å². The molecule has 1 aromatic carbocycles. The van der Waals surface area contributed by atoms with E-state index in [9.17, 15) is 0 Å². The largest absolute Gasteiger partial charge is 0.256 e. The van der Waals surface area contributed by atoms with E-state index in [0.29, 0.717) is 0 Å². The molecule has 3 aromatic rings. The van der Waals surface area contributed by atoms with E-state index in [1.807, 2.05) is 29.8 Å². The second-order valence-corrected chi connectivity index (χ2v) is 4.18. The molecule has 0 fully saturated rings. The number of aromatic nitrogens is 1. The van der Waals surface area contributed by atoms with Crippen LogP contribution in [0.5, 0.6) is 0 Å². The molecular formula is C13H8NS. The molecule has 15 heavy (non-hydrogen) atoms. The molecular weight excluding hydrogens is 202 g/mol. The number of hydrogen-bond acceptors (Lipinski definition) is 2. The molecule has 0 aliphatic heterocycles. The molecule has 2 heteroatoms. The predicted molar refractivity (Wildman–Crippen MR) is 63.9 cm³/mol. The van der Waals surface area contributed by atoms with Crippen LogP contribution in [-0.4, -0.2) is 4.98 Å². The normalized spacial score (nSPS) is 10.7. The lowest BCUT2D eigenvalue weighted by atomic mass is 10.1. The molecule has 71 valence electrons. The number of rotatable bonds is 1.